The van der Waals surface area contributed by atoms with E-state index in [4.69, 9.17) is 4.74 Å². The molecule has 1 aromatic heterocycles. The topological polar surface area (TPSA) is 70.2 Å². The molecular formula is C23H28N4O2. The molecule has 0 unspecified atom stereocenters. The smallest absolute Gasteiger partial charge is 0.272 e. The molecule has 6 nitrogen and oxygen atoms in total. The molecule has 3 aromatic rings. The SMILES string of the molecule is COCCN1CCC(CNC(=O)c2n[nH]c3ccc(-c4ccccc4)cc23)CC1. The van der Waals surface area contributed by atoms with Crippen molar-refractivity contribution in [1.29, 1.82) is 0 Å². The van der Waals surface area contributed by atoms with E-state index in [9.17, 15) is 4.79 Å². The number of rotatable bonds is 7. The number of benzene rings is 2. The van der Waals surface area contributed by atoms with E-state index >= 15 is 0 Å². The number of piperidine rings is 1. The van der Waals surface area contributed by atoms with Gasteiger partial charge in [0, 0.05) is 25.6 Å². The van der Waals surface area contributed by atoms with E-state index in [1.807, 2.05) is 30.3 Å². The van der Waals surface area contributed by atoms with Gasteiger partial charge in [0.2, 0.25) is 0 Å². The summed E-state index contributed by atoms with van der Waals surface area (Å²) in [7, 11) is 1.74. The van der Waals surface area contributed by atoms with Crippen molar-refractivity contribution >= 4 is 16.8 Å². The first-order valence-corrected chi connectivity index (χ1v) is 10.3. The second-order valence-corrected chi connectivity index (χ2v) is 7.69. The Kier molecular flexibility index (Phi) is 6.22. The summed E-state index contributed by atoms with van der Waals surface area (Å²) in [6.07, 6.45) is 2.20. The van der Waals surface area contributed by atoms with Gasteiger partial charge < -0.3 is 15.0 Å². The largest absolute Gasteiger partial charge is 0.383 e. The van der Waals surface area contributed by atoms with Crippen molar-refractivity contribution in [3.8, 4) is 11.1 Å². The van der Waals surface area contributed by atoms with Crippen molar-refractivity contribution in [2.75, 3.05) is 39.9 Å². The molecule has 1 saturated heterocycles. The number of aromatic nitrogens is 2. The molecule has 1 fully saturated rings. The molecule has 4 rings (SSSR count). The Morgan fingerprint density at radius 3 is 2.72 bits per heavy atom. The zero-order valence-corrected chi connectivity index (χ0v) is 16.9. The minimum absolute atomic E-state index is 0.108. The maximum Gasteiger partial charge on any atom is 0.272 e. The summed E-state index contributed by atoms with van der Waals surface area (Å²) in [5.74, 6) is 0.408. The van der Waals surface area contributed by atoms with E-state index in [-0.39, 0.29) is 5.91 Å². The van der Waals surface area contributed by atoms with E-state index in [1.165, 1.54) is 0 Å². The number of nitrogens with zero attached hydrogens (tertiary/aromatic N) is 2. The maximum absolute atomic E-state index is 12.8. The van der Waals surface area contributed by atoms with Gasteiger partial charge in [-0.3, -0.25) is 9.89 Å². The third kappa shape index (κ3) is 4.66. The second kappa shape index (κ2) is 9.20. The quantitative estimate of drug-likeness (QED) is 0.647. The van der Waals surface area contributed by atoms with Gasteiger partial charge in [0.15, 0.2) is 5.69 Å². The molecule has 0 aliphatic carbocycles. The number of hydrogen-bond acceptors (Lipinski definition) is 4. The number of H-pyrrole nitrogens is 1. The van der Waals surface area contributed by atoms with Crippen LogP contribution in [0, 0.1) is 5.92 Å². The predicted octanol–water partition coefficient (Wildman–Crippen LogP) is 3.32. The van der Waals surface area contributed by atoms with E-state index in [1.54, 1.807) is 7.11 Å². The molecule has 0 bridgehead atoms. The Morgan fingerprint density at radius 1 is 1.17 bits per heavy atom. The second-order valence-electron chi connectivity index (χ2n) is 7.69. The van der Waals surface area contributed by atoms with Crippen LogP contribution in [0.3, 0.4) is 0 Å². The summed E-state index contributed by atoms with van der Waals surface area (Å²) in [4.78, 5) is 15.2. The summed E-state index contributed by atoms with van der Waals surface area (Å²) in [6, 6.07) is 16.2. The lowest BCUT2D eigenvalue weighted by Crippen LogP contribution is -2.39. The minimum Gasteiger partial charge on any atom is -0.383 e. The Labute approximate surface area is 171 Å². The van der Waals surface area contributed by atoms with E-state index < -0.39 is 0 Å². The third-order valence-electron chi connectivity index (χ3n) is 5.76. The van der Waals surface area contributed by atoms with Gasteiger partial charge in [-0.15, -0.1) is 0 Å². The van der Waals surface area contributed by atoms with Gasteiger partial charge in [-0.2, -0.15) is 5.10 Å². The third-order valence-corrected chi connectivity index (χ3v) is 5.76. The number of fused-ring (bicyclic) bond motifs is 1. The number of carbonyl (C=O) groups excluding carboxylic acids is 1. The number of amides is 1. The van der Waals surface area contributed by atoms with Crippen LogP contribution < -0.4 is 5.32 Å². The number of likely N-dealkylation sites (tertiary alicyclic amines) is 1. The number of aromatic amines is 1. The molecule has 0 spiro atoms. The fourth-order valence-corrected chi connectivity index (χ4v) is 3.95. The summed E-state index contributed by atoms with van der Waals surface area (Å²) >= 11 is 0. The van der Waals surface area contributed by atoms with E-state index in [2.05, 4.69) is 38.6 Å². The highest BCUT2D eigenvalue weighted by Gasteiger charge is 2.21. The standard InChI is InChI=1S/C23H28N4O2/c1-29-14-13-27-11-9-17(10-12-27)16-24-23(28)22-20-15-19(7-8-21(20)25-26-22)18-5-3-2-4-6-18/h2-8,15,17H,9-14,16H2,1H3,(H,24,28)(H,25,26). The van der Waals surface area contributed by atoms with Gasteiger partial charge in [0.1, 0.15) is 0 Å². The first kappa shape index (κ1) is 19.6. The van der Waals surface area contributed by atoms with Crippen LogP contribution in [0.1, 0.15) is 23.3 Å². The molecule has 2 aromatic carbocycles. The normalized spacial score (nSPS) is 15.6. The molecular weight excluding hydrogens is 364 g/mol. The highest BCUT2D eigenvalue weighted by Crippen LogP contribution is 2.25. The number of carbonyl (C=O) groups is 1. The first-order chi connectivity index (χ1) is 14.2. The lowest BCUT2D eigenvalue weighted by Gasteiger charge is -2.31. The molecule has 0 radical (unpaired) electrons. The monoisotopic (exact) mass is 392 g/mol. The van der Waals surface area contributed by atoms with Crippen molar-refractivity contribution in [2.24, 2.45) is 5.92 Å². The Bertz CT molecular complexity index is 946. The van der Waals surface area contributed by atoms with Crippen LogP contribution in [0.25, 0.3) is 22.0 Å². The van der Waals surface area contributed by atoms with E-state index in [0.29, 0.717) is 18.2 Å². The average molecular weight is 393 g/mol. The van der Waals surface area contributed by atoms with Gasteiger partial charge in [-0.05, 0) is 55.1 Å². The number of nitrogens with one attached hydrogen (secondary N) is 2. The van der Waals surface area contributed by atoms with Crippen LogP contribution >= 0.6 is 0 Å². The lowest BCUT2D eigenvalue weighted by molar-refractivity contribution is 0.0922. The molecule has 152 valence electrons. The number of hydrogen-bond donors (Lipinski definition) is 2. The van der Waals surface area contributed by atoms with Gasteiger partial charge in [-0.1, -0.05) is 36.4 Å². The fourth-order valence-electron chi connectivity index (χ4n) is 3.95. The molecule has 1 aliphatic rings. The Balaban J connectivity index is 1.39. The Morgan fingerprint density at radius 2 is 1.97 bits per heavy atom. The van der Waals surface area contributed by atoms with Crippen molar-refractivity contribution < 1.29 is 9.53 Å². The van der Waals surface area contributed by atoms with Crippen LogP contribution in [0.5, 0.6) is 0 Å². The van der Waals surface area contributed by atoms with E-state index in [0.717, 1.165) is 61.1 Å². The summed E-state index contributed by atoms with van der Waals surface area (Å²) < 4.78 is 5.15. The van der Waals surface area contributed by atoms with Gasteiger partial charge in [0.25, 0.3) is 5.91 Å². The van der Waals surface area contributed by atoms with Crippen molar-refractivity contribution in [3.05, 3.63) is 54.2 Å². The van der Waals surface area contributed by atoms with Gasteiger partial charge >= 0.3 is 0 Å². The lowest BCUT2D eigenvalue weighted by atomic mass is 9.96. The fraction of sp³-hybridized carbons (Fsp3) is 0.391. The summed E-state index contributed by atoms with van der Waals surface area (Å²) in [5, 5.41) is 11.2. The molecule has 0 atom stereocenters. The van der Waals surface area contributed by atoms with Gasteiger partial charge in [-0.25, -0.2) is 0 Å². The minimum atomic E-state index is -0.108. The van der Waals surface area contributed by atoms with Crippen LogP contribution in [-0.4, -0.2) is 60.9 Å². The Hall–Kier alpha value is -2.70. The zero-order valence-electron chi connectivity index (χ0n) is 16.9. The van der Waals surface area contributed by atoms with Crippen LogP contribution in [0.4, 0.5) is 0 Å². The highest BCUT2D eigenvalue weighted by molar-refractivity contribution is 6.05. The van der Waals surface area contributed by atoms with Crippen molar-refractivity contribution in [3.63, 3.8) is 0 Å². The van der Waals surface area contributed by atoms with Crippen LogP contribution in [0.2, 0.25) is 0 Å². The summed E-state index contributed by atoms with van der Waals surface area (Å²) in [5.41, 5.74) is 3.55. The maximum atomic E-state index is 12.8. The van der Waals surface area contributed by atoms with Gasteiger partial charge in [0.05, 0.1) is 12.1 Å². The molecule has 0 saturated carbocycles. The highest BCUT2D eigenvalue weighted by atomic mass is 16.5. The molecule has 6 heteroatoms. The van der Waals surface area contributed by atoms with Crippen LogP contribution in [-0.2, 0) is 4.74 Å². The predicted molar refractivity (Wildman–Crippen MR) is 115 cm³/mol. The molecule has 1 amide bonds. The first-order valence-electron chi connectivity index (χ1n) is 10.3. The number of methoxy groups -OCH3 is 1. The van der Waals surface area contributed by atoms with Crippen molar-refractivity contribution in [2.45, 2.75) is 12.8 Å². The molecule has 1 aliphatic heterocycles. The molecule has 29 heavy (non-hydrogen) atoms. The van der Waals surface area contributed by atoms with Crippen LogP contribution in [0.15, 0.2) is 48.5 Å². The molecule has 2 N–H and O–H groups in total. The van der Waals surface area contributed by atoms with Crippen molar-refractivity contribution in [1.82, 2.24) is 20.4 Å². The molecule has 2 heterocycles. The zero-order chi connectivity index (χ0) is 20.1. The number of ether oxygens (including phenoxy) is 1. The summed E-state index contributed by atoms with van der Waals surface area (Å²) in [6.45, 7) is 4.59. The average Bonchev–Trinajstić information content (AvgIpc) is 3.21.